The maximum absolute atomic E-state index is 12.6. The van der Waals surface area contributed by atoms with Gasteiger partial charge in [-0.25, -0.2) is 4.98 Å². The molecule has 1 heterocycles. The lowest BCUT2D eigenvalue weighted by Gasteiger charge is -2.08. The first-order valence-electron chi connectivity index (χ1n) is 7.16. The summed E-state index contributed by atoms with van der Waals surface area (Å²) in [5, 5.41) is 0. The van der Waals surface area contributed by atoms with Gasteiger partial charge in [-0.05, 0) is 12.1 Å². The van der Waals surface area contributed by atoms with Gasteiger partial charge in [0.05, 0.1) is 5.56 Å². The molecule has 0 radical (unpaired) electrons. The number of halogens is 3. The molecule has 0 amide bonds. The van der Waals surface area contributed by atoms with Crippen LogP contribution >= 0.6 is 0 Å². The van der Waals surface area contributed by atoms with Gasteiger partial charge in [0.25, 0.3) is 0 Å². The number of aryl methyl sites for hydroxylation is 1. The van der Waals surface area contributed by atoms with E-state index < -0.39 is 11.7 Å². The van der Waals surface area contributed by atoms with Crippen LogP contribution < -0.4 is 0 Å². The zero-order valence-corrected chi connectivity index (χ0v) is 12.7. The first kappa shape index (κ1) is 16.0. The standard InChI is InChI=1S/C18H13F3N2O/c1-23-11-10-22-17(23)14-4-2-12(3-5-14)16(24)13-6-8-15(9-7-13)18(19,20)21/h2-11H,1H3. The van der Waals surface area contributed by atoms with Crippen LogP contribution in [-0.4, -0.2) is 15.3 Å². The smallest absolute Gasteiger partial charge is 0.334 e. The highest BCUT2D eigenvalue weighted by atomic mass is 19.4. The number of hydrogen-bond donors (Lipinski definition) is 0. The van der Waals surface area contributed by atoms with E-state index in [0.29, 0.717) is 5.56 Å². The van der Waals surface area contributed by atoms with Gasteiger partial charge in [-0.1, -0.05) is 36.4 Å². The Labute approximate surface area is 136 Å². The number of alkyl halides is 3. The van der Waals surface area contributed by atoms with E-state index in [1.807, 2.05) is 17.8 Å². The number of benzene rings is 2. The summed E-state index contributed by atoms with van der Waals surface area (Å²) < 4.78 is 39.5. The van der Waals surface area contributed by atoms with Crippen LogP contribution in [0.25, 0.3) is 11.4 Å². The van der Waals surface area contributed by atoms with Crippen LogP contribution in [0, 0.1) is 0 Å². The molecule has 0 spiro atoms. The molecule has 0 saturated carbocycles. The van der Waals surface area contributed by atoms with Gasteiger partial charge in [0.15, 0.2) is 5.78 Å². The third-order valence-corrected chi connectivity index (χ3v) is 3.70. The van der Waals surface area contributed by atoms with Crippen molar-refractivity contribution in [3.8, 4) is 11.4 Å². The highest BCUT2D eigenvalue weighted by molar-refractivity contribution is 6.09. The topological polar surface area (TPSA) is 34.9 Å². The van der Waals surface area contributed by atoms with Gasteiger partial charge in [-0.15, -0.1) is 0 Å². The number of ketones is 1. The molecule has 3 rings (SSSR count). The molecule has 0 fully saturated rings. The molecule has 1 aromatic heterocycles. The van der Waals surface area contributed by atoms with E-state index in [1.54, 1.807) is 30.5 Å². The fourth-order valence-electron chi connectivity index (χ4n) is 2.39. The lowest BCUT2D eigenvalue weighted by Crippen LogP contribution is -2.06. The lowest BCUT2D eigenvalue weighted by atomic mass is 10.0. The Morgan fingerprint density at radius 1 is 0.958 bits per heavy atom. The lowest BCUT2D eigenvalue weighted by molar-refractivity contribution is -0.137. The van der Waals surface area contributed by atoms with Gasteiger partial charge in [0.1, 0.15) is 5.82 Å². The fraction of sp³-hybridized carbons (Fsp3) is 0.111. The van der Waals surface area contributed by atoms with Crippen molar-refractivity contribution in [2.75, 3.05) is 0 Å². The molecule has 0 atom stereocenters. The average molecular weight is 330 g/mol. The maximum Gasteiger partial charge on any atom is 0.416 e. The second kappa shape index (κ2) is 5.96. The van der Waals surface area contributed by atoms with E-state index in [1.165, 1.54) is 12.1 Å². The minimum absolute atomic E-state index is 0.216. The number of aromatic nitrogens is 2. The predicted octanol–water partition coefficient (Wildman–Crippen LogP) is 4.34. The Bertz CT molecular complexity index is 863. The van der Waals surface area contributed by atoms with Crippen molar-refractivity contribution >= 4 is 5.78 Å². The molecule has 0 unspecified atom stereocenters. The number of imidazole rings is 1. The van der Waals surface area contributed by atoms with Crippen molar-refractivity contribution in [1.82, 2.24) is 9.55 Å². The predicted molar refractivity (Wildman–Crippen MR) is 83.5 cm³/mol. The van der Waals surface area contributed by atoms with Gasteiger partial charge < -0.3 is 4.57 Å². The van der Waals surface area contributed by atoms with Gasteiger partial charge >= 0.3 is 6.18 Å². The Hall–Kier alpha value is -2.89. The molecule has 0 N–H and O–H groups in total. The first-order valence-corrected chi connectivity index (χ1v) is 7.16. The first-order chi connectivity index (χ1) is 11.4. The molecule has 6 heteroatoms. The molecule has 24 heavy (non-hydrogen) atoms. The summed E-state index contributed by atoms with van der Waals surface area (Å²) in [6.07, 6.45) is -0.918. The van der Waals surface area contributed by atoms with E-state index in [9.17, 15) is 18.0 Å². The Balaban J connectivity index is 1.84. The number of carbonyl (C=O) groups excluding carboxylic acids is 1. The number of hydrogen-bond acceptors (Lipinski definition) is 2. The van der Waals surface area contributed by atoms with Crippen molar-refractivity contribution in [3.05, 3.63) is 77.6 Å². The molecule has 122 valence electrons. The van der Waals surface area contributed by atoms with Crippen LogP contribution in [0.1, 0.15) is 21.5 Å². The van der Waals surface area contributed by atoms with E-state index in [2.05, 4.69) is 4.98 Å². The molecular weight excluding hydrogens is 317 g/mol. The fourth-order valence-corrected chi connectivity index (χ4v) is 2.39. The SMILES string of the molecule is Cn1ccnc1-c1ccc(C(=O)c2ccc(C(F)(F)F)cc2)cc1. The molecule has 2 aromatic carbocycles. The summed E-state index contributed by atoms with van der Waals surface area (Å²) in [5.74, 6) is 0.443. The molecule has 3 aromatic rings. The highest BCUT2D eigenvalue weighted by Gasteiger charge is 2.30. The van der Waals surface area contributed by atoms with Gasteiger partial charge in [0, 0.05) is 36.1 Å². The number of rotatable bonds is 3. The summed E-state index contributed by atoms with van der Waals surface area (Å²) >= 11 is 0. The Morgan fingerprint density at radius 3 is 1.96 bits per heavy atom. The van der Waals surface area contributed by atoms with Crippen molar-refractivity contribution < 1.29 is 18.0 Å². The summed E-state index contributed by atoms with van der Waals surface area (Å²) in [6.45, 7) is 0. The van der Waals surface area contributed by atoms with E-state index in [0.717, 1.165) is 23.5 Å². The monoisotopic (exact) mass is 330 g/mol. The summed E-state index contributed by atoms with van der Waals surface area (Å²) in [7, 11) is 1.86. The van der Waals surface area contributed by atoms with Gasteiger partial charge in [0.2, 0.25) is 0 Å². The second-order valence-electron chi connectivity index (χ2n) is 5.34. The van der Waals surface area contributed by atoms with Crippen molar-refractivity contribution in [2.45, 2.75) is 6.18 Å². The molecule has 0 saturated heterocycles. The Morgan fingerprint density at radius 2 is 1.50 bits per heavy atom. The van der Waals surface area contributed by atoms with E-state index >= 15 is 0 Å². The number of nitrogens with zero attached hydrogens (tertiary/aromatic N) is 2. The van der Waals surface area contributed by atoms with E-state index in [-0.39, 0.29) is 11.3 Å². The minimum Gasteiger partial charge on any atom is -0.334 e. The Kier molecular flexibility index (Phi) is 3.97. The van der Waals surface area contributed by atoms with Crippen LogP contribution in [0.4, 0.5) is 13.2 Å². The summed E-state index contributed by atoms with van der Waals surface area (Å²) in [5.41, 5.74) is 0.705. The second-order valence-corrected chi connectivity index (χ2v) is 5.34. The van der Waals surface area contributed by atoms with Crippen LogP contribution in [0.5, 0.6) is 0 Å². The molecule has 3 nitrogen and oxygen atoms in total. The highest BCUT2D eigenvalue weighted by Crippen LogP contribution is 2.29. The largest absolute Gasteiger partial charge is 0.416 e. The molecule has 0 aliphatic heterocycles. The third kappa shape index (κ3) is 3.08. The summed E-state index contributed by atoms with van der Waals surface area (Å²) in [6, 6.07) is 11.0. The quantitative estimate of drug-likeness (QED) is 0.670. The van der Waals surface area contributed by atoms with Gasteiger partial charge in [-0.3, -0.25) is 4.79 Å². The minimum atomic E-state index is -4.41. The van der Waals surface area contributed by atoms with Crippen LogP contribution in [0.3, 0.4) is 0 Å². The zero-order valence-electron chi connectivity index (χ0n) is 12.7. The molecule has 0 aliphatic rings. The van der Waals surface area contributed by atoms with E-state index in [4.69, 9.17) is 0 Å². The molecule has 0 bridgehead atoms. The van der Waals surface area contributed by atoms with Crippen molar-refractivity contribution in [3.63, 3.8) is 0 Å². The normalized spacial score (nSPS) is 11.5. The maximum atomic E-state index is 12.6. The van der Waals surface area contributed by atoms with Gasteiger partial charge in [-0.2, -0.15) is 13.2 Å². The van der Waals surface area contributed by atoms with Crippen LogP contribution in [-0.2, 0) is 13.2 Å². The molecule has 0 aliphatic carbocycles. The van der Waals surface area contributed by atoms with Crippen LogP contribution in [0.2, 0.25) is 0 Å². The summed E-state index contributed by atoms with van der Waals surface area (Å²) in [4.78, 5) is 16.6. The van der Waals surface area contributed by atoms with Crippen LogP contribution in [0.15, 0.2) is 60.9 Å². The number of carbonyl (C=O) groups is 1. The zero-order chi connectivity index (χ0) is 17.3. The van der Waals surface area contributed by atoms with Crippen molar-refractivity contribution in [2.24, 2.45) is 7.05 Å². The third-order valence-electron chi connectivity index (χ3n) is 3.70. The van der Waals surface area contributed by atoms with Crippen molar-refractivity contribution in [1.29, 1.82) is 0 Å². The molecular formula is C18H13F3N2O. The average Bonchev–Trinajstić information content (AvgIpc) is 3.00.